The van der Waals surface area contributed by atoms with E-state index in [1.807, 2.05) is 13.0 Å². The first-order valence-electron chi connectivity index (χ1n) is 7.44. The number of hydrogen-bond acceptors (Lipinski definition) is 4. The van der Waals surface area contributed by atoms with E-state index in [9.17, 15) is 9.59 Å². The van der Waals surface area contributed by atoms with Crippen LogP contribution >= 0.6 is 15.9 Å². The summed E-state index contributed by atoms with van der Waals surface area (Å²) in [5, 5.41) is 2.87. The first-order chi connectivity index (χ1) is 10.5. The molecule has 1 heterocycles. The van der Waals surface area contributed by atoms with Gasteiger partial charge in [0.2, 0.25) is 5.91 Å². The van der Waals surface area contributed by atoms with Crippen molar-refractivity contribution < 1.29 is 14.3 Å². The van der Waals surface area contributed by atoms with Gasteiger partial charge in [-0.05, 0) is 31.0 Å². The minimum Gasteiger partial charge on any atom is -0.379 e. The van der Waals surface area contributed by atoms with Gasteiger partial charge in [0.05, 0.1) is 19.8 Å². The molecular formula is C16H21BrN2O3. The summed E-state index contributed by atoms with van der Waals surface area (Å²) in [6, 6.07) is 3.60. The molecule has 120 valence electrons. The van der Waals surface area contributed by atoms with Crippen LogP contribution in [0.2, 0.25) is 0 Å². The topological polar surface area (TPSA) is 58.6 Å². The lowest BCUT2D eigenvalue weighted by Crippen LogP contribution is -2.41. The molecule has 1 N–H and O–H groups in total. The molecule has 0 atom stereocenters. The summed E-state index contributed by atoms with van der Waals surface area (Å²) in [6.07, 6.45) is 0.761. The number of halogens is 1. The molecule has 1 saturated heterocycles. The van der Waals surface area contributed by atoms with Gasteiger partial charge in [-0.3, -0.25) is 14.5 Å². The fourth-order valence-electron chi connectivity index (χ4n) is 2.55. The van der Waals surface area contributed by atoms with Gasteiger partial charge in [0, 0.05) is 28.8 Å². The van der Waals surface area contributed by atoms with Gasteiger partial charge in [-0.2, -0.15) is 0 Å². The van der Waals surface area contributed by atoms with Crippen molar-refractivity contribution in [3.8, 4) is 0 Å². The maximum absolute atomic E-state index is 12.1. The molecule has 5 nitrogen and oxygen atoms in total. The lowest BCUT2D eigenvalue weighted by atomic mass is 10.0. The van der Waals surface area contributed by atoms with Crippen LogP contribution in [0.1, 0.15) is 29.8 Å². The number of nitrogens with one attached hydrogen (secondary N) is 1. The van der Waals surface area contributed by atoms with Crippen molar-refractivity contribution in [3.05, 3.63) is 27.7 Å². The largest absolute Gasteiger partial charge is 0.379 e. The van der Waals surface area contributed by atoms with E-state index >= 15 is 0 Å². The minimum absolute atomic E-state index is 0.00169. The SMILES string of the molecule is CCc1c(Br)cc(NC(=O)CN2CCOCC2)cc1C(C)=O. The van der Waals surface area contributed by atoms with Gasteiger partial charge in [-0.15, -0.1) is 0 Å². The van der Waals surface area contributed by atoms with Crippen LogP contribution < -0.4 is 5.32 Å². The number of benzene rings is 1. The third kappa shape index (κ3) is 4.38. The quantitative estimate of drug-likeness (QED) is 0.811. The van der Waals surface area contributed by atoms with Crippen LogP contribution in [0, 0.1) is 0 Å². The summed E-state index contributed by atoms with van der Waals surface area (Å²) in [4.78, 5) is 26.0. The van der Waals surface area contributed by atoms with Crippen LogP contribution in [0.4, 0.5) is 5.69 Å². The molecule has 6 heteroatoms. The number of ketones is 1. The third-order valence-corrected chi connectivity index (χ3v) is 4.39. The maximum Gasteiger partial charge on any atom is 0.238 e. The van der Waals surface area contributed by atoms with E-state index in [0.717, 1.165) is 29.5 Å². The van der Waals surface area contributed by atoms with Gasteiger partial charge in [-0.25, -0.2) is 0 Å². The van der Waals surface area contributed by atoms with Crippen LogP contribution in [0.15, 0.2) is 16.6 Å². The molecule has 0 spiro atoms. The molecule has 22 heavy (non-hydrogen) atoms. The minimum atomic E-state index is -0.0763. The predicted octanol–water partition coefficient (Wildman–Crippen LogP) is 2.48. The van der Waals surface area contributed by atoms with Crippen molar-refractivity contribution in [2.24, 2.45) is 0 Å². The maximum atomic E-state index is 12.1. The summed E-state index contributed by atoms with van der Waals surface area (Å²) in [6.45, 7) is 6.75. The molecule has 1 aliphatic rings. The van der Waals surface area contributed by atoms with E-state index in [2.05, 4.69) is 26.1 Å². The number of ether oxygens (including phenoxy) is 1. The van der Waals surface area contributed by atoms with Crippen LogP contribution in [-0.4, -0.2) is 49.4 Å². The second kappa shape index (κ2) is 7.85. The molecule has 0 unspecified atom stereocenters. The normalized spacial score (nSPS) is 15.6. The lowest BCUT2D eigenvalue weighted by Gasteiger charge is -2.25. The number of carbonyl (C=O) groups is 2. The summed E-state index contributed by atoms with van der Waals surface area (Å²) < 4.78 is 6.12. The van der Waals surface area contributed by atoms with E-state index in [1.165, 1.54) is 0 Å². The summed E-state index contributed by atoms with van der Waals surface area (Å²) in [7, 11) is 0. The number of amides is 1. The Hall–Kier alpha value is -1.24. The molecule has 0 saturated carbocycles. The van der Waals surface area contributed by atoms with Crippen molar-refractivity contribution in [2.45, 2.75) is 20.3 Å². The highest BCUT2D eigenvalue weighted by molar-refractivity contribution is 9.10. The summed E-state index contributed by atoms with van der Waals surface area (Å²) >= 11 is 3.48. The van der Waals surface area contributed by atoms with E-state index < -0.39 is 0 Å². The fraction of sp³-hybridized carbons (Fsp3) is 0.500. The number of Topliss-reactive ketones (excluding diaryl/α,β-unsaturated/α-hetero) is 1. The Morgan fingerprint density at radius 2 is 2.00 bits per heavy atom. The second-order valence-corrected chi connectivity index (χ2v) is 6.18. The average Bonchev–Trinajstić information content (AvgIpc) is 2.47. The Balaban J connectivity index is 2.08. The van der Waals surface area contributed by atoms with Crippen molar-refractivity contribution >= 4 is 33.3 Å². The Kier molecular flexibility index (Phi) is 6.11. The first kappa shape index (κ1) is 17.1. The van der Waals surface area contributed by atoms with Crippen LogP contribution in [0.25, 0.3) is 0 Å². The Morgan fingerprint density at radius 3 is 2.59 bits per heavy atom. The van der Waals surface area contributed by atoms with Crippen LogP contribution in [0.5, 0.6) is 0 Å². The zero-order valence-corrected chi connectivity index (χ0v) is 14.5. The van der Waals surface area contributed by atoms with Crippen molar-refractivity contribution in [1.82, 2.24) is 4.90 Å². The number of anilines is 1. The van der Waals surface area contributed by atoms with Gasteiger partial charge in [0.25, 0.3) is 0 Å². The van der Waals surface area contributed by atoms with E-state index in [-0.39, 0.29) is 11.7 Å². The smallest absolute Gasteiger partial charge is 0.238 e. The molecule has 1 aromatic rings. The van der Waals surface area contributed by atoms with E-state index in [1.54, 1.807) is 13.0 Å². The van der Waals surface area contributed by atoms with E-state index in [4.69, 9.17) is 4.74 Å². The highest BCUT2D eigenvalue weighted by Crippen LogP contribution is 2.27. The van der Waals surface area contributed by atoms with E-state index in [0.29, 0.717) is 31.0 Å². The monoisotopic (exact) mass is 368 g/mol. The number of carbonyl (C=O) groups excluding carboxylic acids is 2. The van der Waals surface area contributed by atoms with Gasteiger partial charge < -0.3 is 10.1 Å². The zero-order valence-electron chi connectivity index (χ0n) is 12.9. The third-order valence-electron chi connectivity index (χ3n) is 3.68. The second-order valence-electron chi connectivity index (χ2n) is 5.33. The van der Waals surface area contributed by atoms with Crippen LogP contribution in [-0.2, 0) is 16.0 Å². The summed E-state index contributed by atoms with van der Waals surface area (Å²) in [5.41, 5.74) is 2.27. The average molecular weight is 369 g/mol. The molecule has 0 aliphatic carbocycles. The van der Waals surface area contributed by atoms with Gasteiger partial charge in [0.1, 0.15) is 0 Å². The van der Waals surface area contributed by atoms with Gasteiger partial charge in [0.15, 0.2) is 5.78 Å². The first-order valence-corrected chi connectivity index (χ1v) is 8.24. The summed E-state index contributed by atoms with van der Waals surface area (Å²) in [5.74, 6) is -0.0746. The van der Waals surface area contributed by atoms with Gasteiger partial charge in [-0.1, -0.05) is 22.9 Å². The Morgan fingerprint density at radius 1 is 1.32 bits per heavy atom. The number of hydrogen-bond donors (Lipinski definition) is 1. The van der Waals surface area contributed by atoms with Crippen molar-refractivity contribution in [1.29, 1.82) is 0 Å². The van der Waals surface area contributed by atoms with Crippen LogP contribution in [0.3, 0.4) is 0 Å². The molecule has 0 aromatic heterocycles. The highest BCUT2D eigenvalue weighted by Gasteiger charge is 2.16. The van der Waals surface area contributed by atoms with Gasteiger partial charge >= 0.3 is 0 Å². The lowest BCUT2D eigenvalue weighted by molar-refractivity contribution is -0.118. The van der Waals surface area contributed by atoms with Crippen molar-refractivity contribution in [2.75, 3.05) is 38.2 Å². The standard InChI is InChI=1S/C16H21BrN2O3/c1-3-13-14(11(2)20)8-12(9-15(13)17)18-16(21)10-19-4-6-22-7-5-19/h8-9H,3-7,10H2,1-2H3,(H,18,21). The molecule has 0 radical (unpaired) electrons. The number of nitrogens with zero attached hydrogens (tertiary/aromatic N) is 1. The molecule has 1 amide bonds. The molecule has 1 aromatic carbocycles. The Labute approximate surface area is 139 Å². The highest BCUT2D eigenvalue weighted by atomic mass is 79.9. The molecule has 1 aliphatic heterocycles. The number of morpholine rings is 1. The zero-order chi connectivity index (χ0) is 16.1. The molecular weight excluding hydrogens is 348 g/mol. The fourth-order valence-corrected chi connectivity index (χ4v) is 3.29. The van der Waals surface area contributed by atoms with Crippen molar-refractivity contribution in [3.63, 3.8) is 0 Å². The molecule has 1 fully saturated rings. The Bertz CT molecular complexity index is 569. The predicted molar refractivity (Wildman–Crippen MR) is 89.4 cm³/mol. The number of rotatable bonds is 5. The molecule has 2 rings (SSSR count). The molecule has 0 bridgehead atoms.